The minimum Gasteiger partial charge on any atom is -0.394 e. The van der Waals surface area contributed by atoms with Crippen LogP contribution in [0, 0.1) is 16.7 Å². The quantitative estimate of drug-likeness (QED) is 0.681. The van der Waals surface area contributed by atoms with Crippen molar-refractivity contribution in [3.05, 3.63) is 0 Å². The van der Waals surface area contributed by atoms with E-state index in [1.54, 1.807) is 0 Å². The van der Waals surface area contributed by atoms with Gasteiger partial charge in [0.25, 0.3) is 0 Å². The van der Waals surface area contributed by atoms with E-state index in [9.17, 15) is 10.1 Å². The van der Waals surface area contributed by atoms with Gasteiger partial charge in [0.2, 0.25) is 5.91 Å². The van der Waals surface area contributed by atoms with E-state index in [2.05, 4.69) is 11.4 Å². The van der Waals surface area contributed by atoms with Gasteiger partial charge >= 0.3 is 0 Å². The second-order valence-corrected chi connectivity index (χ2v) is 4.46. The van der Waals surface area contributed by atoms with E-state index in [-0.39, 0.29) is 18.6 Å². The van der Waals surface area contributed by atoms with E-state index in [4.69, 9.17) is 5.11 Å². The monoisotopic (exact) mass is 240 g/mol. The highest BCUT2D eigenvalue weighted by molar-refractivity contribution is 5.85. The summed E-state index contributed by atoms with van der Waals surface area (Å²) in [5.41, 5.74) is -0.925. The number of amides is 1. The molecule has 0 aromatic carbocycles. The molecule has 0 unspecified atom stereocenters. The van der Waals surface area contributed by atoms with Crippen LogP contribution in [0.4, 0.5) is 0 Å². The molecule has 0 aromatic heterocycles. The standard InChI is InChI=1S/C13H24N2O2/c1-4-7-13(10-14,8-5-2)12(17)15-11(6-3)9-16/h11,16H,4-9H2,1-3H3,(H,15,17)/t11-/m1/s1. The first-order valence-corrected chi connectivity index (χ1v) is 6.43. The van der Waals surface area contributed by atoms with E-state index in [0.717, 1.165) is 12.8 Å². The zero-order chi connectivity index (χ0) is 13.3. The van der Waals surface area contributed by atoms with Crippen molar-refractivity contribution < 1.29 is 9.90 Å². The Kier molecular flexibility index (Phi) is 7.56. The van der Waals surface area contributed by atoms with Gasteiger partial charge in [-0.2, -0.15) is 5.26 Å². The van der Waals surface area contributed by atoms with Gasteiger partial charge in [0, 0.05) is 0 Å². The summed E-state index contributed by atoms with van der Waals surface area (Å²) in [5.74, 6) is -0.232. The summed E-state index contributed by atoms with van der Waals surface area (Å²) >= 11 is 0. The summed E-state index contributed by atoms with van der Waals surface area (Å²) < 4.78 is 0. The number of carbonyl (C=O) groups is 1. The Balaban J connectivity index is 4.80. The van der Waals surface area contributed by atoms with Crippen molar-refractivity contribution in [2.75, 3.05) is 6.61 Å². The van der Waals surface area contributed by atoms with Gasteiger partial charge in [0.05, 0.1) is 18.7 Å². The second kappa shape index (κ2) is 8.08. The van der Waals surface area contributed by atoms with E-state index in [1.807, 2.05) is 20.8 Å². The molecule has 0 heterocycles. The predicted octanol–water partition coefficient (Wildman–Crippen LogP) is 1.98. The van der Waals surface area contributed by atoms with E-state index in [0.29, 0.717) is 19.3 Å². The highest BCUT2D eigenvalue weighted by Gasteiger charge is 2.37. The summed E-state index contributed by atoms with van der Waals surface area (Å²) in [6.07, 6.45) is 3.42. The second-order valence-electron chi connectivity index (χ2n) is 4.46. The third-order valence-electron chi connectivity index (χ3n) is 3.05. The predicted molar refractivity (Wildman–Crippen MR) is 67.2 cm³/mol. The van der Waals surface area contributed by atoms with Gasteiger partial charge in [-0.05, 0) is 19.3 Å². The average Bonchev–Trinajstić information content (AvgIpc) is 2.35. The van der Waals surface area contributed by atoms with Crippen LogP contribution in [0.25, 0.3) is 0 Å². The minimum absolute atomic E-state index is 0.0814. The molecule has 0 saturated heterocycles. The number of rotatable bonds is 8. The highest BCUT2D eigenvalue weighted by Crippen LogP contribution is 2.29. The SMILES string of the molecule is CCCC(C#N)(CCC)C(=O)N[C@H](CC)CO. The molecule has 4 heteroatoms. The first-order valence-electron chi connectivity index (χ1n) is 6.43. The molecule has 2 N–H and O–H groups in total. The van der Waals surface area contributed by atoms with Gasteiger partial charge in [-0.1, -0.05) is 33.6 Å². The van der Waals surface area contributed by atoms with Crippen LogP contribution in [-0.4, -0.2) is 23.7 Å². The van der Waals surface area contributed by atoms with Crippen molar-refractivity contribution in [3.63, 3.8) is 0 Å². The van der Waals surface area contributed by atoms with Crippen molar-refractivity contribution in [1.29, 1.82) is 5.26 Å². The number of hydrogen-bond donors (Lipinski definition) is 2. The fourth-order valence-electron chi connectivity index (χ4n) is 1.97. The topological polar surface area (TPSA) is 73.1 Å². The lowest BCUT2D eigenvalue weighted by atomic mass is 9.79. The van der Waals surface area contributed by atoms with Gasteiger partial charge in [0.15, 0.2) is 0 Å². The maximum absolute atomic E-state index is 12.2. The Morgan fingerprint density at radius 3 is 2.18 bits per heavy atom. The molecule has 0 rings (SSSR count). The molecule has 1 amide bonds. The van der Waals surface area contributed by atoms with Gasteiger partial charge in [0.1, 0.15) is 5.41 Å². The number of nitriles is 1. The minimum atomic E-state index is -0.925. The molecule has 0 saturated carbocycles. The Morgan fingerprint density at radius 2 is 1.88 bits per heavy atom. The Bertz CT molecular complexity index is 261. The van der Waals surface area contributed by atoms with Crippen LogP contribution in [0.3, 0.4) is 0 Å². The maximum atomic E-state index is 12.2. The number of aliphatic hydroxyl groups excluding tert-OH is 1. The number of aliphatic hydroxyl groups is 1. The lowest BCUT2D eigenvalue weighted by Crippen LogP contribution is -2.46. The fraction of sp³-hybridized carbons (Fsp3) is 0.846. The van der Waals surface area contributed by atoms with Crippen molar-refractivity contribution in [2.45, 2.75) is 58.9 Å². The number of nitrogens with zero attached hydrogens (tertiary/aromatic N) is 1. The normalized spacial score (nSPS) is 12.9. The van der Waals surface area contributed by atoms with Crippen LogP contribution in [0.15, 0.2) is 0 Å². The van der Waals surface area contributed by atoms with Crippen molar-refractivity contribution in [1.82, 2.24) is 5.32 Å². The van der Waals surface area contributed by atoms with Crippen molar-refractivity contribution in [3.8, 4) is 6.07 Å². The summed E-state index contributed by atoms with van der Waals surface area (Å²) in [5, 5.41) is 21.1. The molecular formula is C13H24N2O2. The summed E-state index contributed by atoms with van der Waals surface area (Å²) in [7, 11) is 0. The zero-order valence-electron chi connectivity index (χ0n) is 11.1. The van der Waals surface area contributed by atoms with Crippen molar-refractivity contribution in [2.24, 2.45) is 5.41 Å². The summed E-state index contributed by atoms with van der Waals surface area (Å²) in [6, 6.07) is 1.93. The molecule has 1 atom stereocenters. The number of hydrogen-bond acceptors (Lipinski definition) is 3. The Morgan fingerprint density at radius 1 is 1.35 bits per heavy atom. The van der Waals surface area contributed by atoms with Gasteiger partial charge < -0.3 is 10.4 Å². The molecule has 0 aromatic rings. The fourth-order valence-corrected chi connectivity index (χ4v) is 1.97. The zero-order valence-corrected chi connectivity index (χ0v) is 11.1. The molecule has 4 nitrogen and oxygen atoms in total. The molecule has 0 radical (unpaired) electrons. The number of nitrogens with one attached hydrogen (secondary N) is 1. The third kappa shape index (κ3) is 4.35. The van der Waals surface area contributed by atoms with Crippen LogP contribution in [0.5, 0.6) is 0 Å². The van der Waals surface area contributed by atoms with Crippen LogP contribution < -0.4 is 5.32 Å². The van der Waals surface area contributed by atoms with Crippen molar-refractivity contribution >= 4 is 5.91 Å². The van der Waals surface area contributed by atoms with Crippen LogP contribution >= 0.6 is 0 Å². The molecule has 0 aliphatic rings. The lowest BCUT2D eigenvalue weighted by Gasteiger charge is -2.27. The molecular weight excluding hydrogens is 216 g/mol. The van der Waals surface area contributed by atoms with Gasteiger partial charge in [-0.15, -0.1) is 0 Å². The number of carbonyl (C=O) groups excluding carboxylic acids is 1. The smallest absolute Gasteiger partial charge is 0.240 e. The van der Waals surface area contributed by atoms with Gasteiger partial charge in [-0.25, -0.2) is 0 Å². The molecule has 0 spiro atoms. The largest absolute Gasteiger partial charge is 0.394 e. The Labute approximate surface area is 104 Å². The summed E-state index contributed by atoms with van der Waals surface area (Å²) in [6.45, 7) is 5.76. The third-order valence-corrected chi connectivity index (χ3v) is 3.05. The van der Waals surface area contributed by atoms with E-state index < -0.39 is 5.41 Å². The molecule has 0 aliphatic heterocycles. The van der Waals surface area contributed by atoms with E-state index >= 15 is 0 Å². The van der Waals surface area contributed by atoms with Gasteiger partial charge in [-0.3, -0.25) is 4.79 Å². The molecule has 0 aliphatic carbocycles. The molecule has 98 valence electrons. The van der Waals surface area contributed by atoms with Crippen LogP contribution in [0.2, 0.25) is 0 Å². The molecule has 17 heavy (non-hydrogen) atoms. The van der Waals surface area contributed by atoms with E-state index in [1.165, 1.54) is 0 Å². The van der Waals surface area contributed by atoms with Crippen LogP contribution in [0.1, 0.15) is 52.9 Å². The molecule has 0 fully saturated rings. The molecule has 0 bridgehead atoms. The first-order chi connectivity index (χ1) is 8.10. The summed E-state index contributed by atoms with van der Waals surface area (Å²) in [4.78, 5) is 12.2. The average molecular weight is 240 g/mol. The highest BCUT2D eigenvalue weighted by atomic mass is 16.3. The Hall–Kier alpha value is -1.08. The lowest BCUT2D eigenvalue weighted by molar-refractivity contribution is -0.130. The van der Waals surface area contributed by atoms with Crippen LogP contribution in [-0.2, 0) is 4.79 Å². The first kappa shape index (κ1) is 15.9. The maximum Gasteiger partial charge on any atom is 0.240 e.